The first-order valence-electron chi connectivity index (χ1n) is 5.36. The lowest BCUT2D eigenvalue weighted by atomic mass is 10.4. The van der Waals surface area contributed by atoms with E-state index in [1.165, 1.54) is 5.19 Å². The van der Waals surface area contributed by atoms with E-state index in [1.54, 1.807) is 0 Å². The summed E-state index contributed by atoms with van der Waals surface area (Å²) in [6.45, 7) is 6.59. The Hall–Kier alpha value is -0.613. The van der Waals surface area contributed by atoms with Gasteiger partial charge in [-0.15, -0.1) is 0 Å². The number of benzene rings is 1. The Balaban J connectivity index is 2.89. The van der Waals surface area contributed by atoms with Crippen LogP contribution < -0.4 is 5.19 Å². The number of alkyl halides is 1. The highest BCUT2D eigenvalue weighted by Crippen LogP contribution is 2.18. The molecule has 0 saturated heterocycles. The summed E-state index contributed by atoms with van der Waals surface area (Å²) in [5.74, 6) is -0.150. The molecule has 1 aromatic rings. The van der Waals surface area contributed by atoms with Crippen molar-refractivity contribution >= 4 is 35.2 Å². The van der Waals surface area contributed by atoms with Crippen LogP contribution in [0.2, 0.25) is 13.1 Å². The molecule has 2 nitrogen and oxygen atoms in total. The number of carbonyl (C=O) groups is 1. The number of hydrogen-bond acceptors (Lipinski definition) is 2. The Kier molecular flexibility index (Phi) is 4.74. The monoisotopic (exact) mass is 300 g/mol. The second-order valence-electron chi connectivity index (χ2n) is 4.20. The first kappa shape index (κ1) is 13.5. The number of hydrogen-bond donors (Lipinski definition) is 0. The molecular weight excluding hydrogens is 284 g/mol. The average Bonchev–Trinajstić information content (AvgIpc) is 2.29. The highest BCUT2D eigenvalue weighted by atomic mass is 79.9. The van der Waals surface area contributed by atoms with Gasteiger partial charge in [-0.25, -0.2) is 0 Å². The minimum absolute atomic E-state index is 0.150. The lowest BCUT2D eigenvalue weighted by Gasteiger charge is -2.27. The summed E-state index contributed by atoms with van der Waals surface area (Å²) < 4.78 is 4.87. The Morgan fingerprint density at radius 2 is 1.94 bits per heavy atom. The van der Waals surface area contributed by atoms with Gasteiger partial charge in [0.2, 0.25) is 0 Å². The molecule has 0 aliphatic carbocycles. The van der Waals surface area contributed by atoms with Gasteiger partial charge in [0.15, 0.2) is 0 Å². The fraction of sp³-hybridized carbons (Fsp3) is 0.417. The SMILES string of the molecule is CCOC(=O)C(Br)[Si](C)(C)c1ccccc1. The van der Waals surface area contributed by atoms with Crippen molar-refractivity contribution < 1.29 is 9.53 Å². The van der Waals surface area contributed by atoms with Gasteiger partial charge in [0, 0.05) is 0 Å². The number of carbonyl (C=O) groups excluding carboxylic acids is 1. The van der Waals surface area contributed by atoms with Gasteiger partial charge < -0.3 is 4.74 Å². The number of esters is 1. The van der Waals surface area contributed by atoms with E-state index >= 15 is 0 Å². The van der Waals surface area contributed by atoms with E-state index in [1.807, 2.05) is 25.1 Å². The van der Waals surface area contributed by atoms with E-state index in [9.17, 15) is 4.79 Å². The average molecular weight is 301 g/mol. The van der Waals surface area contributed by atoms with E-state index in [2.05, 4.69) is 41.2 Å². The molecule has 0 bridgehead atoms. The molecule has 0 radical (unpaired) electrons. The highest BCUT2D eigenvalue weighted by Gasteiger charge is 2.37. The van der Waals surface area contributed by atoms with Crippen molar-refractivity contribution in [1.29, 1.82) is 0 Å². The summed E-state index contributed by atoms with van der Waals surface area (Å²) in [7, 11) is -1.84. The molecule has 0 aliphatic rings. The third-order valence-electron chi connectivity index (χ3n) is 2.64. The molecule has 88 valence electrons. The smallest absolute Gasteiger partial charge is 0.317 e. The lowest BCUT2D eigenvalue weighted by molar-refractivity contribution is -0.140. The molecule has 1 aromatic carbocycles. The van der Waals surface area contributed by atoms with Gasteiger partial charge in [-0.05, 0) is 6.92 Å². The van der Waals surface area contributed by atoms with E-state index < -0.39 is 8.07 Å². The molecule has 1 unspecified atom stereocenters. The maximum Gasteiger partial charge on any atom is 0.317 e. The molecule has 0 N–H and O–H groups in total. The Morgan fingerprint density at radius 1 is 1.38 bits per heavy atom. The summed E-state index contributed by atoms with van der Waals surface area (Å²) in [5.41, 5.74) is 0. The van der Waals surface area contributed by atoms with Crippen LogP contribution in [0.4, 0.5) is 0 Å². The summed E-state index contributed by atoms with van der Waals surface area (Å²) in [5, 5.41) is 1.25. The van der Waals surface area contributed by atoms with Gasteiger partial charge in [-0.1, -0.05) is 64.5 Å². The van der Waals surface area contributed by atoms with Crippen molar-refractivity contribution in [3.63, 3.8) is 0 Å². The van der Waals surface area contributed by atoms with Crippen LogP contribution >= 0.6 is 15.9 Å². The normalized spacial score (nSPS) is 13.2. The topological polar surface area (TPSA) is 26.3 Å². The molecule has 4 heteroatoms. The van der Waals surface area contributed by atoms with E-state index in [0.29, 0.717) is 6.61 Å². The van der Waals surface area contributed by atoms with Gasteiger partial charge in [-0.3, -0.25) is 4.79 Å². The van der Waals surface area contributed by atoms with Crippen molar-refractivity contribution in [2.45, 2.75) is 24.5 Å². The Labute approximate surface area is 106 Å². The quantitative estimate of drug-likeness (QED) is 0.485. The molecule has 16 heavy (non-hydrogen) atoms. The second-order valence-corrected chi connectivity index (χ2v) is 10.6. The van der Waals surface area contributed by atoms with Crippen LogP contribution in [0.25, 0.3) is 0 Å². The fourth-order valence-corrected chi connectivity index (χ4v) is 4.47. The maximum atomic E-state index is 11.7. The third-order valence-corrected chi connectivity index (χ3v) is 9.78. The first-order valence-corrected chi connectivity index (χ1v) is 9.35. The largest absolute Gasteiger partial charge is 0.465 e. The molecular formula is C12H17BrO2Si. The van der Waals surface area contributed by atoms with Crippen molar-refractivity contribution in [1.82, 2.24) is 0 Å². The van der Waals surface area contributed by atoms with Crippen molar-refractivity contribution in [3.8, 4) is 0 Å². The molecule has 0 amide bonds. The van der Waals surface area contributed by atoms with Crippen molar-refractivity contribution in [3.05, 3.63) is 30.3 Å². The van der Waals surface area contributed by atoms with Crippen LogP contribution in [0.1, 0.15) is 6.92 Å². The van der Waals surface area contributed by atoms with Gasteiger partial charge in [-0.2, -0.15) is 0 Å². The number of ether oxygens (including phenoxy) is 1. The lowest BCUT2D eigenvalue weighted by Crippen LogP contribution is -2.53. The van der Waals surface area contributed by atoms with Crippen LogP contribution in [-0.2, 0) is 9.53 Å². The number of rotatable bonds is 4. The van der Waals surface area contributed by atoms with Crippen molar-refractivity contribution in [2.75, 3.05) is 6.61 Å². The molecule has 0 saturated carbocycles. The summed E-state index contributed by atoms with van der Waals surface area (Å²) in [6, 6.07) is 10.2. The predicted octanol–water partition coefficient (Wildman–Crippen LogP) is 2.47. The predicted molar refractivity (Wildman–Crippen MR) is 72.9 cm³/mol. The van der Waals surface area contributed by atoms with E-state index in [-0.39, 0.29) is 10.4 Å². The van der Waals surface area contributed by atoms with Crippen LogP contribution in [0, 0.1) is 0 Å². The van der Waals surface area contributed by atoms with Gasteiger partial charge in [0.25, 0.3) is 0 Å². The molecule has 1 atom stereocenters. The highest BCUT2D eigenvalue weighted by molar-refractivity contribution is 9.10. The standard InChI is InChI=1S/C12H17BrO2Si/c1-4-15-12(14)11(13)16(2,3)10-8-6-5-7-9-10/h5-9,11H,4H2,1-3H3. The third kappa shape index (κ3) is 2.95. The number of halogens is 1. The second kappa shape index (κ2) is 5.64. The van der Waals surface area contributed by atoms with Crippen LogP contribution in [-0.4, -0.2) is 25.1 Å². The summed E-state index contributed by atoms with van der Waals surface area (Å²) in [4.78, 5) is 11.7. The minimum Gasteiger partial charge on any atom is -0.465 e. The van der Waals surface area contributed by atoms with Crippen molar-refractivity contribution in [2.24, 2.45) is 0 Å². The molecule has 0 spiro atoms. The Morgan fingerprint density at radius 3 is 2.44 bits per heavy atom. The zero-order valence-corrected chi connectivity index (χ0v) is 12.5. The van der Waals surface area contributed by atoms with E-state index in [4.69, 9.17) is 4.74 Å². The van der Waals surface area contributed by atoms with Crippen LogP contribution in [0.3, 0.4) is 0 Å². The molecule has 0 aliphatic heterocycles. The van der Waals surface area contributed by atoms with Gasteiger partial charge in [0.1, 0.15) is 12.5 Å². The Bertz CT molecular complexity index is 351. The summed E-state index contributed by atoms with van der Waals surface area (Å²) >= 11 is 3.49. The molecule has 0 fully saturated rings. The summed E-state index contributed by atoms with van der Waals surface area (Å²) in [6.07, 6.45) is 0. The van der Waals surface area contributed by atoms with Crippen LogP contribution in [0.5, 0.6) is 0 Å². The molecule has 0 heterocycles. The minimum atomic E-state index is -1.84. The zero-order chi connectivity index (χ0) is 12.2. The van der Waals surface area contributed by atoms with E-state index in [0.717, 1.165) is 0 Å². The first-order chi connectivity index (χ1) is 7.50. The maximum absolute atomic E-state index is 11.7. The molecule has 0 aromatic heterocycles. The van der Waals surface area contributed by atoms with Gasteiger partial charge >= 0.3 is 5.97 Å². The molecule has 1 rings (SSSR count). The fourth-order valence-electron chi connectivity index (χ4n) is 1.52. The van der Waals surface area contributed by atoms with Crippen LogP contribution in [0.15, 0.2) is 30.3 Å². The van der Waals surface area contributed by atoms with Gasteiger partial charge in [0.05, 0.1) is 6.61 Å². The zero-order valence-electron chi connectivity index (χ0n) is 9.87.